The Balaban J connectivity index is 1.69. The Kier molecular flexibility index (Phi) is 5.28. The summed E-state index contributed by atoms with van der Waals surface area (Å²) in [7, 11) is -3.79. The van der Waals surface area contributed by atoms with Crippen LogP contribution in [0.2, 0.25) is 0 Å². The van der Waals surface area contributed by atoms with E-state index >= 15 is 0 Å². The number of carbonyl (C=O) groups excluding carboxylic acids is 1. The number of amides is 1. The van der Waals surface area contributed by atoms with Crippen LogP contribution in [0.4, 0.5) is 5.13 Å². The van der Waals surface area contributed by atoms with Crippen molar-refractivity contribution in [2.45, 2.75) is 11.8 Å². The zero-order chi connectivity index (χ0) is 18.9. The molecular formula is C16H14BrN3O4S2. The molecule has 0 radical (unpaired) electrons. The maximum atomic E-state index is 12.1. The average Bonchev–Trinajstić information content (AvgIpc) is 2.94. The molecule has 10 heteroatoms. The molecule has 0 spiro atoms. The number of nitrogens with one attached hydrogen (secondary N) is 1. The van der Waals surface area contributed by atoms with Crippen LogP contribution >= 0.6 is 27.3 Å². The van der Waals surface area contributed by atoms with E-state index in [-0.39, 0.29) is 17.4 Å². The monoisotopic (exact) mass is 455 g/mol. The highest BCUT2D eigenvalue weighted by Gasteiger charge is 2.13. The van der Waals surface area contributed by atoms with Gasteiger partial charge in [0.1, 0.15) is 5.75 Å². The fourth-order valence-electron chi connectivity index (χ4n) is 2.16. The first kappa shape index (κ1) is 18.8. The highest BCUT2D eigenvalue weighted by molar-refractivity contribution is 9.10. The van der Waals surface area contributed by atoms with Crippen LogP contribution in [-0.4, -0.2) is 25.9 Å². The number of halogens is 1. The molecule has 3 aromatic rings. The summed E-state index contributed by atoms with van der Waals surface area (Å²) in [5.74, 6) is 0.191. The largest absolute Gasteiger partial charge is 0.483 e. The normalized spacial score (nSPS) is 11.5. The molecule has 0 saturated carbocycles. The van der Waals surface area contributed by atoms with Gasteiger partial charge in [-0.2, -0.15) is 0 Å². The maximum absolute atomic E-state index is 12.1. The first-order valence-corrected chi connectivity index (χ1v) is 10.5. The van der Waals surface area contributed by atoms with Crippen LogP contribution in [-0.2, 0) is 14.8 Å². The van der Waals surface area contributed by atoms with E-state index in [9.17, 15) is 13.2 Å². The van der Waals surface area contributed by atoms with Gasteiger partial charge in [-0.3, -0.25) is 10.1 Å². The molecular weight excluding hydrogens is 442 g/mol. The van der Waals surface area contributed by atoms with Crippen molar-refractivity contribution in [1.82, 2.24) is 4.98 Å². The molecule has 1 heterocycles. The second-order valence-corrected chi connectivity index (χ2v) is 8.91. The molecule has 1 aromatic heterocycles. The number of nitrogens with zero attached hydrogens (tertiary/aromatic N) is 1. The number of hydrogen-bond donors (Lipinski definition) is 2. The molecule has 0 aliphatic carbocycles. The molecule has 136 valence electrons. The number of aromatic nitrogens is 1. The molecule has 0 fully saturated rings. The number of carbonyl (C=O) groups is 1. The molecule has 0 bridgehead atoms. The van der Waals surface area contributed by atoms with Gasteiger partial charge in [0, 0.05) is 0 Å². The second kappa shape index (κ2) is 7.31. The van der Waals surface area contributed by atoms with Gasteiger partial charge in [0.25, 0.3) is 5.91 Å². The minimum Gasteiger partial charge on any atom is -0.483 e. The summed E-state index contributed by atoms with van der Waals surface area (Å²) in [5.41, 5.74) is 1.64. The molecule has 3 rings (SSSR count). The van der Waals surface area contributed by atoms with E-state index in [1.54, 1.807) is 12.1 Å². The molecule has 0 atom stereocenters. The molecule has 2 aromatic carbocycles. The number of nitrogens with two attached hydrogens (primary N) is 1. The van der Waals surface area contributed by atoms with Crippen LogP contribution in [0.5, 0.6) is 5.75 Å². The van der Waals surface area contributed by atoms with Crippen LogP contribution in [0.3, 0.4) is 0 Å². The van der Waals surface area contributed by atoms with Gasteiger partial charge in [0.2, 0.25) is 10.0 Å². The third kappa shape index (κ3) is 4.39. The number of sulfonamides is 1. The number of hydrogen-bond acceptors (Lipinski definition) is 6. The predicted octanol–water partition coefficient (Wildman–Crippen LogP) is 3.03. The Morgan fingerprint density at radius 2 is 2.08 bits per heavy atom. The fourth-order valence-corrected chi connectivity index (χ4v) is 4.30. The van der Waals surface area contributed by atoms with Crippen LogP contribution in [0, 0.1) is 6.92 Å². The van der Waals surface area contributed by atoms with E-state index in [4.69, 9.17) is 9.88 Å². The van der Waals surface area contributed by atoms with Crippen LogP contribution in [0.25, 0.3) is 10.2 Å². The smallest absolute Gasteiger partial charge is 0.264 e. The first-order chi connectivity index (χ1) is 12.2. The van der Waals surface area contributed by atoms with Gasteiger partial charge in [0.05, 0.1) is 19.6 Å². The van der Waals surface area contributed by atoms with Crippen LogP contribution < -0.4 is 15.2 Å². The van der Waals surface area contributed by atoms with Crippen molar-refractivity contribution in [2.75, 3.05) is 11.9 Å². The van der Waals surface area contributed by atoms with Crippen molar-refractivity contribution in [3.05, 3.63) is 46.4 Å². The Morgan fingerprint density at radius 1 is 1.31 bits per heavy atom. The lowest BCUT2D eigenvalue weighted by Crippen LogP contribution is -2.20. The van der Waals surface area contributed by atoms with Crippen molar-refractivity contribution in [1.29, 1.82) is 0 Å². The third-order valence-corrected chi connectivity index (χ3v) is 5.85. The Morgan fingerprint density at radius 3 is 2.77 bits per heavy atom. The van der Waals surface area contributed by atoms with Crippen molar-refractivity contribution < 1.29 is 17.9 Å². The van der Waals surface area contributed by atoms with Gasteiger partial charge in [-0.05, 0) is 58.7 Å². The van der Waals surface area contributed by atoms with E-state index in [0.29, 0.717) is 21.1 Å². The summed E-state index contributed by atoms with van der Waals surface area (Å²) >= 11 is 4.54. The number of aryl methyl sites for hydroxylation is 1. The average molecular weight is 456 g/mol. The van der Waals surface area contributed by atoms with Gasteiger partial charge >= 0.3 is 0 Å². The zero-order valence-corrected chi connectivity index (χ0v) is 16.7. The number of rotatable bonds is 5. The number of benzene rings is 2. The number of ether oxygens (including phenoxy) is 1. The second-order valence-electron chi connectivity index (χ2n) is 5.46. The highest BCUT2D eigenvalue weighted by Crippen LogP contribution is 2.28. The van der Waals surface area contributed by atoms with Gasteiger partial charge in [-0.15, -0.1) is 0 Å². The number of primary sulfonamides is 1. The van der Waals surface area contributed by atoms with E-state index in [0.717, 1.165) is 21.4 Å². The Labute approximate surface area is 162 Å². The van der Waals surface area contributed by atoms with Gasteiger partial charge < -0.3 is 4.74 Å². The summed E-state index contributed by atoms with van der Waals surface area (Å²) in [5, 5.41) is 8.11. The van der Waals surface area contributed by atoms with Crippen LogP contribution in [0.15, 0.2) is 45.8 Å². The molecule has 0 saturated heterocycles. The summed E-state index contributed by atoms with van der Waals surface area (Å²) in [4.78, 5) is 16.3. The fraction of sp³-hybridized carbons (Fsp3) is 0.125. The molecule has 3 N–H and O–H groups in total. The lowest BCUT2D eigenvalue weighted by atomic mass is 10.2. The Bertz CT molecular complexity index is 1100. The SMILES string of the molecule is Cc1ccc(OCC(=O)Nc2nc3ccc(S(N)(=O)=O)cc3s2)c(Br)c1. The highest BCUT2D eigenvalue weighted by atomic mass is 79.9. The third-order valence-electron chi connectivity index (χ3n) is 3.38. The topological polar surface area (TPSA) is 111 Å². The van der Waals surface area contributed by atoms with E-state index < -0.39 is 10.0 Å². The summed E-state index contributed by atoms with van der Waals surface area (Å²) in [6.07, 6.45) is 0. The minimum atomic E-state index is -3.79. The summed E-state index contributed by atoms with van der Waals surface area (Å²) in [6, 6.07) is 9.90. The molecule has 0 unspecified atom stereocenters. The van der Waals surface area contributed by atoms with Gasteiger partial charge in [-0.1, -0.05) is 17.4 Å². The molecule has 1 amide bonds. The van der Waals surface area contributed by atoms with Gasteiger partial charge in [-0.25, -0.2) is 18.5 Å². The standard InChI is InChI=1S/C16H14BrN3O4S2/c1-9-2-5-13(11(17)6-9)24-8-15(21)20-16-19-12-4-3-10(26(18,22)23)7-14(12)25-16/h2-7H,8H2,1H3,(H2,18,22,23)(H,19,20,21). The maximum Gasteiger partial charge on any atom is 0.264 e. The summed E-state index contributed by atoms with van der Waals surface area (Å²) in [6.45, 7) is 1.77. The quantitative estimate of drug-likeness (QED) is 0.613. The van der Waals surface area contributed by atoms with Crippen molar-refractivity contribution in [3.63, 3.8) is 0 Å². The molecule has 26 heavy (non-hydrogen) atoms. The molecule has 0 aliphatic rings. The minimum absolute atomic E-state index is 0.000851. The van der Waals surface area contributed by atoms with E-state index in [1.165, 1.54) is 12.1 Å². The zero-order valence-electron chi connectivity index (χ0n) is 13.5. The lowest BCUT2D eigenvalue weighted by Gasteiger charge is -2.08. The van der Waals surface area contributed by atoms with Crippen LogP contribution in [0.1, 0.15) is 5.56 Å². The summed E-state index contributed by atoms with van der Waals surface area (Å²) < 4.78 is 29.7. The van der Waals surface area contributed by atoms with Crippen molar-refractivity contribution in [3.8, 4) is 5.75 Å². The lowest BCUT2D eigenvalue weighted by molar-refractivity contribution is -0.118. The first-order valence-electron chi connectivity index (χ1n) is 7.34. The van der Waals surface area contributed by atoms with Crippen molar-refractivity contribution >= 4 is 58.5 Å². The number of fused-ring (bicyclic) bond motifs is 1. The van der Waals surface area contributed by atoms with E-state index in [2.05, 4.69) is 26.2 Å². The van der Waals surface area contributed by atoms with E-state index in [1.807, 2.05) is 19.1 Å². The van der Waals surface area contributed by atoms with Crippen molar-refractivity contribution in [2.24, 2.45) is 5.14 Å². The van der Waals surface area contributed by atoms with Gasteiger partial charge in [0.15, 0.2) is 11.7 Å². The Hall–Kier alpha value is -2.01. The molecule has 0 aliphatic heterocycles. The number of thiazole rings is 1. The number of anilines is 1. The molecule has 7 nitrogen and oxygen atoms in total. The predicted molar refractivity (Wildman–Crippen MR) is 104 cm³/mol.